The molecule has 1 aliphatic heterocycles. The largest absolute Gasteiger partial charge is 0.497 e. The maximum atomic E-state index is 14.2. The molecule has 1 heterocycles. The number of benzene rings is 3. The molecule has 0 spiro atoms. The molecule has 0 bridgehead atoms. The third-order valence-corrected chi connectivity index (χ3v) is 8.64. The molecule has 0 N–H and O–H groups in total. The summed E-state index contributed by atoms with van der Waals surface area (Å²) < 4.78 is 34.5. The van der Waals surface area contributed by atoms with E-state index in [0.29, 0.717) is 40.6 Å². The standard InChI is InChI=1S/C26H26N2O5S/c1-27-22-15-16-23(20-9-6-10-21(24(20)22)26(27)30)34(31,32)28(18-11-13-19(33-2)14-12-18)25(29)17-7-4-3-5-8-17/h6,9-17H,3-5,7-8H2,1-2H3. The predicted molar refractivity (Wildman–Crippen MR) is 131 cm³/mol. The Morgan fingerprint density at radius 1 is 1.00 bits per heavy atom. The predicted octanol–water partition coefficient (Wildman–Crippen LogP) is 4.74. The van der Waals surface area contributed by atoms with Gasteiger partial charge in [-0.2, -0.15) is 0 Å². The molecule has 2 amide bonds. The molecule has 176 valence electrons. The fourth-order valence-electron chi connectivity index (χ4n) is 5.05. The van der Waals surface area contributed by atoms with Gasteiger partial charge >= 0.3 is 0 Å². The van der Waals surface area contributed by atoms with Gasteiger partial charge in [-0.3, -0.25) is 9.59 Å². The molecule has 8 heteroatoms. The molecule has 1 aliphatic carbocycles. The van der Waals surface area contributed by atoms with Crippen LogP contribution in [0.2, 0.25) is 0 Å². The number of methoxy groups -OCH3 is 1. The first kappa shape index (κ1) is 22.4. The molecular formula is C26H26N2O5S. The Kier molecular flexibility index (Phi) is 5.56. The summed E-state index contributed by atoms with van der Waals surface area (Å²) in [7, 11) is -1.08. The number of carbonyl (C=O) groups excluding carboxylic acids is 2. The van der Waals surface area contributed by atoms with Crippen molar-refractivity contribution in [3.05, 3.63) is 60.2 Å². The summed E-state index contributed by atoms with van der Waals surface area (Å²) in [4.78, 5) is 27.9. The number of sulfonamides is 1. The number of nitrogens with zero attached hydrogens (tertiary/aromatic N) is 2. The van der Waals surface area contributed by atoms with E-state index < -0.39 is 15.9 Å². The molecular weight excluding hydrogens is 452 g/mol. The summed E-state index contributed by atoms with van der Waals surface area (Å²) in [6, 6.07) is 14.7. The first-order valence-electron chi connectivity index (χ1n) is 11.4. The molecule has 2 aliphatic rings. The van der Waals surface area contributed by atoms with Crippen LogP contribution >= 0.6 is 0 Å². The van der Waals surface area contributed by atoms with E-state index in [2.05, 4.69) is 0 Å². The van der Waals surface area contributed by atoms with Crippen molar-refractivity contribution in [3.63, 3.8) is 0 Å². The summed E-state index contributed by atoms with van der Waals surface area (Å²) in [5, 5.41) is 1.03. The number of ether oxygens (including phenoxy) is 1. The first-order chi connectivity index (χ1) is 16.3. The van der Waals surface area contributed by atoms with Gasteiger partial charge in [0.25, 0.3) is 15.9 Å². The number of anilines is 2. The summed E-state index contributed by atoms with van der Waals surface area (Å²) in [5.41, 5.74) is 1.39. The number of hydrogen-bond donors (Lipinski definition) is 0. The van der Waals surface area contributed by atoms with E-state index in [4.69, 9.17) is 4.74 Å². The van der Waals surface area contributed by atoms with Gasteiger partial charge in [0.15, 0.2) is 0 Å². The van der Waals surface area contributed by atoms with Gasteiger partial charge in [-0.05, 0) is 55.3 Å². The van der Waals surface area contributed by atoms with E-state index in [-0.39, 0.29) is 22.4 Å². The normalized spacial score (nSPS) is 16.2. The summed E-state index contributed by atoms with van der Waals surface area (Å²) in [6.07, 6.45) is 4.20. The molecule has 7 nitrogen and oxygen atoms in total. The van der Waals surface area contributed by atoms with Gasteiger partial charge in [0.05, 0.1) is 23.4 Å². The monoisotopic (exact) mass is 478 g/mol. The van der Waals surface area contributed by atoms with Crippen molar-refractivity contribution in [2.45, 2.75) is 37.0 Å². The second-order valence-corrected chi connectivity index (χ2v) is 10.6. The molecule has 5 rings (SSSR count). The maximum absolute atomic E-state index is 14.2. The quantitative estimate of drug-likeness (QED) is 0.529. The zero-order chi connectivity index (χ0) is 24.0. The molecule has 3 aromatic carbocycles. The molecule has 0 unspecified atom stereocenters. The van der Waals surface area contributed by atoms with Crippen LogP contribution < -0.4 is 13.9 Å². The Balaban J connectivity index is 1.69. The minimum Gasteiger partial charge on any atom is -0.497 e. The molecule has 34 heavy (non-hydrogen) atoms. The topological polar surface area (TPSA) is 84.0 Å². The maximum Gasteiger partial charge on any atom is 0.271 e. The average molecular weight is 479 g/mol. The molecule has 0 saturated heterocycles. The lowest BCUT2D eigenvalue weighted by atomic mass is 9.88. The fourth-order valence-corrected chi connectivity index (χ4v) is 6.72. The fraction of sp³-hybridized carbons (Fsp3) is 0.308. The van der Waals surface area contributed by atoms with Gasteiger partial charge in [-0.25, -0.2) is 12.7 Å². The van der Waals surface area contributed by atoms with Crippen LogP contribution in [0.15, 0.2) is 59.5 Å². The minimum absolute atomic E-state index is 0.0103. The van der Waals surface area contributed by atoms with Crippen molar-refractivity contribution in [1.82, 2.24) is 0 Å². The van der Waals surface area contributed by atoms with Gasteiger partial charge in [-0.15, -0.1) is 0 Å². The van der Waals surface area contributed by atoms with Crippen molar-refractivity contribution in [2.75, 3.05) is 23.4 Å². The Morgan fingerprint density at radius 3 is 2.38 bits per heavy atom. The molecule has 0 radical (unpaired) electrons. The highest BCUT2D eigenvalue weighted by molar-refractivity contribution is 7.93. The number of carbonyl (C=O) groups is 2. The molecule has 1 saturated carbocycles. The van der Waals surface area contributed by atoms with E-state index >= 15 is 0 Å². The highest BCUT2D eigenvalue weighted by Crippen LogP contribution is 2.41. The second-order valence-electron chi connectivity index (χ2n) is 8.82. The van der Waals surface area contributed by atoms with Crippen molar-refractivity contribution in [2.24, 2.45) is 5.92 Å². The van der Waals surface area contributed by atoms with Gasteiger partial charge in [0.1, 0.15) is 5.75 Å². The van der Waals surface area contributed by atoms with Crippen LogP contribution in [0.25, 0.3) is 10.8 Å². The van der Waals surface area contributed by atoms with Crippen LogP contribution in [0, 0.1) is 5.92 Å². The first-order valence-corrected chi connectivity index (χ1v) is 12.9. The minimum atomic E-state index is -4.28. The van der Waals surface area contributed by atoms with Crippen LogP contribution in [-0.2, 0) is 14.8 Å². The Hall–Kier alpha value is -3.39. The zero-order valence-corrected chi connectivity index (χ0v) is 20.0. The zero-order valence-electron chi connectivity index (χ0n) is 19.2. The van der Waals surface area contributed by atoms with Crippen LogP contribution in [0.5, 0.6) is 5.75 Å². The SMILES string of the molecule is COc1ccc(N(C(=O)C2CCCCC2)S(=O)(=O)c2ccc3c4c(cccc24)C(=O)N3C)cc1. The third-order valence-electron chi connectivity index (χ3n) is 6.85. The Labute approximate surface area is 199 Å². The van der Waals surface area contributed by atoms with Crippen LogP contribution in [0.3, 0.4) is 0 Å². The lowest BCUT2D eigenvalue weighted by Gasteiger charge is -2.29. The van der Waals surface area contributed by atoms with E-state index in [0.717, 1.165) is 23.6 Å². The Morgan fingerprint density at radius 2 is 1.71 bits per heavy atom. The van der Waals surface area contributed by atoms with E-state index in [1.165, 1.54) is 18.1 Å². The number of amides is 2. The third kappa shape index (κ3) is 3.44. The number of rotatable bonds is 5. The van der Waals surface area contributed by atoms with E-state index in [1.807, 2.05) is 0 Å². The van der Waals surface area contributed by atoms with Gasteiger partial charge in [0.2, 0.25) is 5.91 Å². The van der Waals surface area contributed by atoms with Crippen LogP contribution in [-0.4, -0.2) is 34.4 Å². The molecule has 0 aromatic heterocycles. The van der Waals surface area contributed by atoms with Crippen molar-refractivity contribution < 1.29 is 22.7 Å². The van der Waals surface area contributed by atoms with Gasteiger partial charge in [0, 0.05) is 29.3 Å². The highest BCUT2D eigenvalue weighted by atomic mass is 32.2. The van der Waals surface area contributed by atoms with Crippen LogP contribution in [0.4, 0.5) is 11.4 Å². The lowest BCUT2D eigenvalue weighted by molar-refractivity contribution is -0.122. The van der Waals surface area contributed by atoms with Gasteiger partial charge < -0.3 is 9.64 Å². The lowest BCUT2D eigenvalue weighted by Crippen LogP contribution is -2.41. The van der Waals surface area contributed by atoms with Crippen molar-refractivity contribution >= 4 is 44.0 Å². The van der Waals surface area contributed by atoms with Crippen molar-refractivity contribution in [1.29, 1.82) is 0 Å². The van der Waals surface area contributed by atoms with Crippen molar-refractivity contribution in [3.8, 4) is 5.75 Å². The smallest absolute Gasteiger partial charge is 0.271 e. The molecule has 3 aromatic rings. The summed E-state index contributed by atoms with van der Waals surface area (Å²) in [6.45, 7) is 0. The average Bonchev–Trinajstić information content (AvgIpc) is 3.11. The molecule has 1 fully saturated rings. The summed E-state index contributed by atoms with van der Waals surface area (Å²) in [5.74, 6) is -0.380. The van der Waals surface area contributed by atoms with E-state index in [1.54, 1.807) is 55.6 Å². The second kappa shape index (κ2) is 8.43. The van der Waals surface area contributed by atoms with Crippen LogP contribution in [0.1, 0.15) is 42.5 Å². The van der Waals surface area contributed by atoms with E-state index in [9.17, 15) is 18.0 Å². The summed E-state index contributed by atoms with van der Waals surface area (Å²) >= 11 is 0. The van der Waals surface area contributed by atoms with Gasteiger partial charge in [-0.1, -0.05) is 31.4 Å². The number of hydrogen-bond acceptors (Lipinski definition) is 5. The highest BCUT2D eigenvalue weighted by Gasteiger charge is 2.38. The Bertz CT molecular complexity index is 1390. The molecule has 0 atom stereocenters.